The fourth-order valence-electron chi connectivity index (χ4n) is 2.20. The first kappa shape index (κ1) is 14.1. The Hall–Kier alpha value is -1.82. The van der Waals surface area contributed by atoms with E-state index in [0.29, 0.717) is 24.0 Å². The molecule has 1 aromatic heterocycles. The van der Waals surface area contributed by atoms with Crippen LogP contribution in [0.25, 0.3) is 11.3 Å². The number of carboxylic acid groups (broad SMARTS) is 1. The van der Waals surface area contributed by atoms with Crippen molar-refractivity contribution in [3.05, 3.63) is 34.5 Å². The highest BCUT2D eigenvalue weighted by atomic mass is 79.9. The third kappa shape index (κ3) is 3.10. The zero-order valence-electron chi connectivity index (χ0n) is 11.2. The van der Waals surface area contributed by atoms with Crippen LogP contribution in [0.2, 0.25) is 0 Å². The van der Waals surface area contributed by atoms with Gasteiger partial charge in [0.05, 0.1) is 6.61 Å². The fraction of sp³-hybridized carbons (Fsp3) is 0.333. The average Bonchev–Trinajstić information content (AvgIpc) is 2.88. The number of ether oxygens (including phenoxy) is 1. The number of aromatic nitrogens is 1. The number of carboxylic acids is 1. The normalized spacial score (nSPS) is 14.7. The summed E-state index contributed by atoms with van der Waals surface area (Å²) >= 11 is 3.40. The lowest BCUT2D eigenvalue weighted by Crippen LogP contribution is -2.19. The van der Waals surface area contributed by atoms with Crippen LogP contribution < -0.4 is 4.74 Å². The lowest BCUT2D eigenvalue weighted by Gasteiger charge is -2.25. The first-order chi connectivity index (χ1) is 10.1. The standard InChI is InChI=1S/C15H14BrNO4/c16-10-4-5-13(20-8-9-2-1-3-9)11(6-10)12-7-14(15(18)19)21-17-12/h4-7,9H,1-3,8H2,(H,18,19). The topological polar surface area (TPSA) is 72.6 Å². The number of aromatic carboxylic acids is 1. The van der Waals surface area contributed by atoms with E-state index in [1.165, 1.54) is 25.3 Å². The minimum absolute atomic E-state index is 0.185. The predicted molar refractivity (Wildman–Crippen MR) is 79.4 cm³/mol. The molecule has 5 nitrogen and oxygen atoms in total. The molecule has 1 aliphatic carbocycles. The zero-order valence-corrected chi connectivity index (χ0v) is 12.8. The molecule has 0 spiro atoms. The van der Waals surface area contributed by atoms with Gasteiger partial charge < -0.3 is 14.4 Å². The van der Waals surface area contributed by atoms with Gasteiger partial charge in [-0.3, -0.25) is 0 Å². The molecule has 1 aromatic carbocycles. The molecule has 1 saturated carbocycles. The summed E-state index contributed by atoms with van der Waals surface area (Å²) in [6.07, 6.45) is 3.68. The lowest BCUT2D eigenvalue weighted by atomic mass is 9.86. The maximum atomic E-state index is 10.9. The van der Waals surface area contributed by atoms with E-state index in [2.05, 4.69) is 21.1 Å². The van der Waals surface area contributed by atoms with Gasteiger partial charge in [0.15, 0.2) is 0 Å². The van der Waals surface area contributed by atoms with Crippen LogP contribution in [0.4, 0.5) is 0 Å². The number of carbonyl (C=O) groups is 1. The summed E-state index contributed by atoms with van der Waals surface area (Å²) in [6.45, 7) is 0.679. The molecule has 0 saturated heterocycles. The van der Waals surface area contributed by atoms with Crippen LogP contribution in [0, 0.1) is 5.92 Å². The molecule has 0 atom stereocenters. The maximum absolute atomic E-state index is 10.9. The van der Waals surface area contributed by atoms with E-state index in [1.807, 2.05) is 18.2 Å². The number of nitrogens with zero attached hydrogens (tertiary/aromatic N) is 1. The van der Waals surface area contributed by atoms with Crippen molar-refractivity contribution in [1.82, 2.24) is 5.16 Å². The maximum Gasteiger partial charge on any atom is 0.374 e. The van der Waals surface area contributed by atoms with E-state index in [-0.39, 0.29) is 5.76 Å². The van der Waals surface area contributed by atoms with Gasteiger partial charge in [0.1, 0.15) is 11.4 Å². The minimum Gasteiger partial charge on any atom is -0.493 e. The molecule has 110 valence electrons. The van der Waals surface area contributed by atoms with Gasteiger partial charge in [0.2, 0.25) is 5.76 Å². The van der Waals surface area contributed by atoms with Gasteiger partial charge in [-0.25, -0.2) is 4.79 Å². The van der Waals surface area contributed by atoms with Crippen molar-refractivity contribution in [3.8, 4) is 17.0 Å². The highest BCUT2D eigenvalue weighted by Gasteiger charge is 2.20. The van der Waals surface area contributed by atoms with Gasteiger partial charge >= 0.3 is 5.97 Å². The third-order valence-corrected chi connectivity index (χ3v) is 4.13. The van der Waals surface area contributed by atoms with Crippen LogP contribution in [0.5, 0.6) is 5.75 Å². The average molecular weight is 352 g/mol. The van der Waals surface area contributed by atoms with Crippen molar-refractivity contribution >= 4 is 21.9 Å². The summed E-state index contributed by atoms with van der Waals surface area (Å²) < 4.78 is 11.6. The molecule has 0 radical (unpaired) electrons. The van der Waals surface area contributed by atoms with Crippen molar-refractivity contribution in [1.29, 1.82) is 0 Å². The quantitative estimate of drug-likeness (QED) is 0.881. The highest BCUT2D eigenvalue weighted by molar-refractivity contribution is 9.10. The largest absolute Gasteiger partial charge is 0.493 e. The van der Waals surface area contributed by atoms with Crippen molar-refractivity contribution in [3.63, 3.8) is 0 Å². The summed E-state index contributed by atoms with van der Waals surface area (Å²) in [4.78, 5) is 10.9. The van der Waals surface area contributed by atoms with Crippen LogP contribution in [0.3, 0.4) is 0 Å². The van der Waals surface area contributed by atoms with E-state index in [9.17, 15) is 4.79 Å². The molecule has 3 rings (SSSR count). The number of rotatable bonds is 5. The molecule has 1 fully saturated rings. The Kier molecular flexibility index (Phi) is 3.96. The smallest absolute Gasteiger partial charge is 0.374 e. The molecule has 1 N–H and O–H groups in total. The Balaban J connectivity index is 1.87. The summed E-state index contributed by atoms with van der Waals surface area (Å²) in [5, 5.41) is 12.7. The Morgan fingerprint density at radius 3 is 2.86 bits per heavy atom. The van der Waals surface area contributed by atoms with Crippen molar-refractivity contribution in [2.24, 2.45) is 5.92 Å². The van der Waals surface area contributed by atoms with Crippen LogP contribution in [-0.2, 0) is 0 Å². The number of hydrogen-bond acceptors (Lipinski definition) is 4. The predicted octanol–water partition coefficient (Wildman–Crippen LogP) is 3.98. The summed E-state index contributed by atoms with van der Waals surface area (Å²) in [6, 6.07) is 6.99. The molecule has 0 bridgehead atoms. The van der Waals surface area contributed by atoms with Crippen molar-refractivity contribution in [2.45, 2.75) is 19.3 Å². The second-order valence-electron chi connectivity index (χ2n) is 5.13. The molecular formula is C15H14BrNO4. The molecule has 6 heteroatoms. The van der Waals surface area contributed by atoms with Crippen molar-refractivity contribution in [2.75, 3.05) is 6.61 Å². The number of benzene rings is 1. The molecule has 1 heterocycles. The van der Waals surface area contributed by atoms with Gasteiger partial charge in [0.25, 0.3) is 0 Å². The van der Waals surface area contributed by atoms with Crippen LogP contribution in [-0.4, -0.2) is 22.8 Å². The Morgan fingerprint density at radius 1 is 1.43 bits per heavy atom. The van der Waals surface area contributed by atoms with Crippen molar-refractivity contribution < 1.29 is 19.2 Å². The summed E-state index contributed by atoms with van der Waals surface area (Å²) in [5.74, 6) is -0.0145. The number of halogens is 1. The van der Waals surface area contributed by atoms with Crippen LogP contribution >= 0.6 is 15.9 Å². The minimum atomic E-state index is -1.14. The SMILES string of the molecule is O=C(O)c1cc(-c2cc(Br)ccc2OCC2CCC2)no1. The summed E-state index contributed by atoms with van der Waals surface area (Å²) in [7, 11) is 0. The molecular weight excluding hydrogens is 338 g/mol. The van der Waals surface area contributed by atoms with Gasteiger partial charge in [-0.05, 0) is 37.0 Å². The first-order valence-corrected chi connectivity index (χ1v) is 7.55. The number of hydrogen-bond donors (Lipinski definition) is 1. The summed E-state index contributed by atoms with van der Waals surface area (Å²) in [5.41, 5.74) is 1.18. The molecule has 0 aliphatic heterocycles. The van der Waals surface area contributed by atoms with E-state index in [1.54, 1.807) is 0 Å². The molecule has 2 aromatic rings. The fourth-order valence-corrected chi connectivity index (χ4v) is 2.56. The van der Waals surface area contributed by atoms with Crippen LogP contribution in [0.1, 0.15) is 29.8 Å². The lowest BCUT2D eigenvalue weighted by molar-refractivity contribution is 0.0652. The molecule has 0 amide bonds. The Labute approximate surface area is 130 Å². The highest BCUT2D eigenvalue weighted by Crippen LogP contribution is 2.34. The Morgan fingerprint density at radius 2 is 2.24 bits per heavy atom. The van der Waals surface area contributed by atoms with Gasteiger partial charge in [-0.2, -0.15) is 0 Å². The molecule has 1 aliphatic rings. The second kappa shape index (κ2) is 5.89. The molecule has 0 unspecified atom stereocenters. The second-order valence-corrected chi connectivity index (χ2v) is 6.05. The van der Waals surface area contributed by atoms with Crippen LogP contribution in [0.15, 0.2) is 33.3 Å². The third-order valence-electron chi connectivity index (χ3n) is 3.64. The van der Waals surface area contributed by atoms with Gasteiger partial charge in [0, 0.05) is 16.1 Å². The monoisotopic (exact) mass is 351 g/mol. The van der Waals surface area contributed by atoms with E-state index >= 15 is 0 Å². The Bertz CT molecular complexity index is 663. The zero-order chi connectivity index (χ0) is 14.8. The molecule has 21 heavy (non-hydrogen) atoms. The van der Waals surface area contributed by atoms with Gasteiger partial charge in [-0.1, -0.05) is 27.5 Å². The van der Waals surface area contributed by atoms with Gasteiger partial charge in [-0.15, -0.1) is 0 Å². The van der Waals surface area contributed by atoms with E-state index < -0.39 is 5.97 Å². The van der Waals surface area contributed by atoms with E-state index in [0.717, 1.165) is 10.0 Å². The van der Waals surface area contributed by atoms with E-state index in [4.69, 9.17) is 14.4 Å². The first-order valence-electron chi connectivity index (χ1n) is 6.76.